The molecule has 1 saturated heterocycles. The van der Waals surface area contributed by atoms with Crippen LogP contribution >= 0.6 is 0 Å². The molecule has 4 nitrogen and oxygen atoms in total. The van der Waals surface area contributed by atoms with Gasteiger partial charge in [0.05, 0.1) is 0 Å². The minimum Gasteiger partial charge on any atom is -0.392 e. The van der Waals surface area contributed by atoms with Crippen LogP contribution < -0.4 is 5.32 Å². The molecular formula is C7H11NO3. The van der Waals surface area contributed by atoms with Crippen LogP contribution in [0.25, 0.3) is 0 Å². The minimum atomic E-state index is -0.538. The first-order valence-electron chi connectivity index (χ1n) is 3.66. The Kier molecular flexibility index (Phi) is 2.59. The predicted molar refractivity (Wildman–Crippen MR) is 37.8 cm³/mol. The van der Waals surface area contributed by atoms with Gasteiger partial charge in [0, 0.05) is 6.92 Å². The van der Waals surface area contributed by atoms with Crippen molar-refractivity contribution in [3.8, 4) is 0 Å². The van der Waals surface area contributed by atoms with Crippen molar-refractivity contribution in [2.45, 2.75) is 25.8 Å². The Morgan fingerprint density at radius 1 is 1.55 bits per heavy atom. The monoisotopic (exact) mass is 157 g/mol. The zero-order chi connectivity index (χ0) is 8.27. The van der Waals surface area contributed by atoms with Gasteiger partial charge in [-0.05, 0) is 19.4 Å². The van der Waals surface area contributed by atoms with Crippen LogP contribution in [0.3, 0.4) is 0 Å². The molecule has 1 N–H and O–H groups in total. The second kappa shape index (κ2) is 3.48. The highest BCUT2D eigenvalue weighted by Gasteiger charge is 2.24. The van der Waals surface area contributed by atoms with E-state index in [-0.39, 0.29) is 6.04 Å². The van der Waals surface area contributed by atoms with Crippen LogP contribution in [0, 0.1) is 0 Å². The summed E-state index contributed by atoms with van der Waals surface area (Å²) in [6, 6.07) is -0.265. The van der Waals surface area contributed by atoms with Crippen LogP contribution in [0.15, 0.2) is 0 Å². The highest BCUT2D eigenvalue weighted by Crippen LogP contribution is 2.06. The van der Waals surface area contributed by atoms with E-state index in [0.717, 1.165) is 19.4 Å². The number of hydrogen-bond donors (Lipinski definition) is 1. The highest BCUT2D eigenvalue weighted by molar-refractivity contribution is 5.87. The van der Waals surface area contributed by atoms with Crippen LogP contribution in [-0.4, -0.2) is 24.5 Å². The lowest BCUT2D eigenvalue weighted by molar-refractivity contribution is -0.159. The largest absolute Gasteiger partial charge is 0.392 e. The number of rotatable bonds is 1. The molecule has 0 saturated carbocycles. The summed E-state index contributed by atoms with van der Waals surface area (Å²) in [4.78, 5) is 21.3. The maximum absolute atomic E-state index is 11.0. The molecular weight excluding hydrogens is 146 g/mol. The van der Waals surface area contributed by atoms with Crippen molar-refractivity contribution in [2.24, 2.45) is 0 Å². The summed E-state index contributed by atoms with van der Waals surface area (Å²) in [5.41, 5.74) is 0. The normalized spacial score (nSPS) is 23.2. The standard InChI is InChI=1S/C7H11NO3/c1-5(9)11-7(10)6-3-2-4-8-6/h6,8H,2-4H2,1H3. The molecule has 0 aromatic heterocycles. The van der Waals surface area contributed by atoms with Gasteiger partial charge < -0.3 is 10.1 Å². The molecule has 0 spiro atoms. The minimum absolute atomic E-state index is 0.265. The summed E-state index contributed by atoms with van der Waals surface area (Å²) in [5, 5.41) is 2.93. The first-order valence-corrected chi connectivity index (χ1v) is 3.66. The predicted octanol–water partition coefficient (Wildman–Crippen LogP) is -0.172. The van der Waals surface area contributed by atoms with E-state index in [2.05, 4.69) is 10.1 Å². The summed E-state index contributed by atoms with van der Waals surface area (Å²) >= 11 is 0. The number of carbonyl (C=O) groups excluding carboxylic acids is 2. The summed E-state index contributed by atoms with van der Waals surface area (Å²) in [7, 11) is 0. The summed E-state index contributed by atoms with van der Waals surface area (Å²) < 4.78 is 4.39. The highest BCUT2D eigenvalue weighted by atomic mass is 16.6. The second-order valence-corrected chi connectivity index (χ2v) is 2.56. The van der Waals surface area contributed by atoms with Crippen molar-refractivity contribution >= 4 is 11.9 Å². The molecule has 1 unspecified atom stereocenters. The SMILES string of the molecule is CC(=O)OC(=O)C1CCCN1. The van der Waals surface area contributed by atoms with Crippen molar-refractivity contribution in [3.05, 3.63) is 0 Å². The summed E-state index contributed by atoms with van der Waals surface area (Å²) in [6.45, 7) is 2.06. The van der Waals surface area contributed by atoms with E-state index in [1.807, 2.05) is 0 Å². The van der Waals surface area contributed by atoms with Gasteiger partial charge in [-0.15, -0.1) is 0 Å². The van der Waals surface area contributed by atoms with Gasteiger partial charge in [-0.2, -0.15) is 0 Å². The molecule has 11 heavy (non-hydrogen) atoms. The molecule has 0 amide bonds. The molecule has 1 aliphatic rings. The third kappa shape index (κ3) is 2.31. The summed E-state index contributed by atoms with van der Waals surface area (Å²) in [6.07, 6.45) is 1.74. The van der Waals surface area contributed by atoms with E-state index in [1.165, 1.54) is 6.92 Å². The third-order valence-corrected chi connectivity index (χ3v) is 1.59. The Morgan fingerprint density at radius 2 is 2.27 bits per heavy atom. The molecule has 1 atom stereocenters. The Labute approximate surface area is 64.9 Å². The fourth-order valence-corrected chi connectivity index (χ4v) is 1.10. The van der Waals surface area contributed by atoms with Gasteiger partial charge in [-0.1, -0.05) is 0 Å². The molecule has 1 rings (SSSR count). The van der Waals surface area contributed by atoms with Gasteiger partial charge in [0.1, 0.15) is 6.04 Å². The maximum atomic E-state index is 11.0. The fraction of sp³-hybridized carbons (Fsp3) is 0.714. The first-order chi connectivity index (χ1) is 5.20. The Morgan fingerprint density at radius 3 is 2.73 bits per heavy atom. The van der Waals surface area contributed by atoms with E-state index < -0.39 is 11.9 Å². The lowest BCUT2D eigenvalue weighted by atomic mass is 10.2. The van der Waals surface area contributed by atoms with Crippen molar-refractivity contribution in [1.82, 2.24) is 5.32 Å². The van der Waals surface area contributed by atoms with Gasteiger partial charge in [0.25, 0.3) is 0 Å². The molecule has 1 fully saturated rings. The zero-order valence-electron chi connectivity index (χ0n) is 6.42. The van der Waals surface area contributed by atoms with Crippen LogP contribution in [-0.2, 0) is 14.3 Å². The molecule has 1 heterocycles. The fourth-order valence-electron chi connectivity index (χ4n) is 1.10. The summed E-state index contributed by atoms with van der Waals surface area (Å²) in [5.74, 6) is -0.987. The molecule has 0 aliphatic carbocycles. The topological polar surface area (TPSA) is 55.4 Å². The van der Waals surface area contributed by atoms with E-state index in [0.29, 0.717) is 0 Å². The van der Waals surface area contributed by atoms with E-state index in [9.17, 15) is 9.59 Å². The van der Waals surface area contributed by atoms with Crippen LogP contribution in [0.4, 0.5) is 0 Å². The molecule has 0 aromatic rings. The van der Waals surface area contributed by atoms with Crippen LogP contribution in [0.5, 0.6) is 0 Å². The lowest BCUT2D eigenvalue weighted by Crippen LogP contribution is -2.33. The van der Waals surface area contributed by atoms with Gasteiger partial charge in [0.15, 0.2) is 0 Å². The van der Waals surface area contributed by atoms with Crippen LogP contribution in [0.1, 0.15) is 19.8 Å². The number of esters is 2. The van der Waals surface area contributed by atoms with Gasteiger partial charge in [0.2, 0.25) is 0 Å². The smallest absolute Gasteiger partial charge is 0.330 e. The van der Waals surface area contributed by atoms with Gasteiger partial charge in [-0.25, -0.2) is 4.79 Å². The van der Waals surface area contributed by atoms with Gasteiger partial charge >= 0.3 is 11.9 Å². The van der Waals surface area contributed by atoms with E-state index in [1.54, 1.807) is 0 Å². The van der Waals surface area contributed by atoms with Crippen LogP contribution in [0.2, 0.25) is 0 Å². The first kappa shape index (κ1) is 8.20. The molecule has 1 aliphatic heterocycles. The van der Waals surface area contributed by atoms with Crippen molar-refractivity contribution in [3.63, 3.8) is 0 Å². The molecule has 0 aromatic carbocycles. The number of hydrogen-bond acceptors (Lipinski definition) is 4. The number of carbonyl (C=O) groups is 2. The number of ether oxygens (including phenoxy) is 1. The third-order valence-electron chi connectivity index (χ3n) is 1.59. The molecule has 0 radical (unpaired) electrons. The lowest BCUT2D eigenvalue weighted by Gasteiger charge is -2.06. The van der Waals surface area contributed by atoms with Crippen molar-refractivity contribution < 1.29 is 14.3 Å². The molecule has 4 heteroatoms. The zero-order valence-corrected chi connectivity index (χ0v) is 6.42. The average Bonchev–Trinajstić information content (AvgIpc) is 2.35. The van der Waals surface area contributed by atoms with Crippen molar-refractivity contribution in [2.75, 3.05) is 6.54 Å². The Hall–Kier alpha value is -0.900. The molecule has 62 valence electrons. The quantitative estimate of drug-likeness (QED) is 0.424. The maximum Gasteiger partial charge on any atom is 0.330 e. The second-order valence-electron chi connectivity index (χ2n) is 2.56. The number of nitrogens with one attached hydrogen (secondary N) is 1. The Bertz CT molecular complexity index is 173. The van der Waals surface area contributed by atoms with E-state index in [4.69, 9.17) is 0 Å². The molecule has 0 bridgehead atoms. The van der Waals surface area contributed by atoms with E-state index >= 15 is 0 Å². The Balaban J connectivity index is 2.34. The average molecular weight is 157 g/mol. The van der Waals surface area contributed by atoms with Crippen molar-refractivity contribution in [1.29, 1.82) is 0 Å². The van der Waals surface area contributed by atoms with Gasteiger partial charge in [-0.3, -0.25) is 4.79 Å².